The molecular weight excluding hydrogens is 346 g/mol. The molecular formula is C20H25N3O4. The van der Waals surface area contributed by atoms with Crippen molar-refractivity contribution in [1.29, 1.82) is 0 Å². The van der Waals surface area contributed by atoms with E-state index in [1.54, 1.807) is 0 Å². The highest BCUT2D eigenvalue weighted by molar-refractivity contribution is 5.89. The second-order valence-corrected chi connectivity index (χ2v) is 7.50. The minimum atomic E-state index is -0.967. The molecule has 1 aliphatic rings. The zero-order valence-corrected chi connectivity index (χ0v) is 15.8. The van der Waals surface area contributed by atoms with E-state index in [4.69, 9.17) is 9.57 Å². The van der Waals surface area contributed by atoms with Crippen molar-refractivity contribution in [2.24, 2.45) is 5.16 Å². The standard InChI is InChI=1S/C20H25N3O4/c1-20(2,3)23(19(24)25)13-15-12-16(27-21-15)14-26-18-9-5-4-8-17(18)22-10-6-7-11-22/h4-11,16H,12-14H2,1-3H3,(H,24,25). The molecule has 2 aromatic rings. The number of oxime groups is 1. The molecule has 0 fully saturated rings. The fourth-order valence-corrected chi connectivity index (χ4v) is 2.91. The van der Waals surface area contributed by atoms with Gasteiger partial charge in [0.1, 0.15) is 12.4 Å². The van der Waals surface area contributed by atoms with Gasteiger partial charge in [-0.05, 0) is 45.0 Å². The van der Waals surface area contributed by atoms with E-state index < -0.39 is 11.6 Å². The van der Waals surface area contributed by atoms with Gasteiger partial charge in [-0.2, -0.15) is 0 Å². The molecule has 27 heavy (non-hydrogen) atoms. The molecule has 0 saturated carbocycles. The molecule has 0 saturated heterocycles. The summed E-state index contributed by atoms with van der Waals surface area (Å²) in [7, 11) is 0. The largest absolute Gasteiger partial charge is 0.487 e. The molecule has 1 atom stereocenters. The van der Waals surface area contributed by atoms with Crippen LogP contribution in [0.5, 0.6) is 5.75 Å². The molecule has 1 aliphatic heterocycles. The fourth-order valence-electron chi connectivity index (χ4n) is 2.91. The summed E-state index contributed by atoms with van der Waals surface area (Å²) in [5.41, 5.74) is 1.16. The number of para-hydroxylation sites is 2. The van der Waals surface area contributed by atoms with Crippen molar-refractivity contribution in [3.63, 3.8) is 0 Å². The molecule has 0 bridgehead atoms. The lowest BCUT2D eigenvalue weighted by atomic mass is 10.1. The Labute approximate surface area is 158 Å². The lowest BCUT2D eigenvalue weighted by Gasteiger charge is -2.32. The second kappa shape index (κ2) is 7.73. The number of rotatable bonds is 6. The number of nitrogens with zero attached hydrogens (tertiary/aromatic N) is 3. The van der Waals surface area contributed by atoms with Crippen LogP contribution < -0.4 is 4.74 Å². The number of hydrogen-bond donors (Lipinski definition) is 1. The van der Waals surface area contributed by atoms with Crippen molar-refractivity contribution in [1.82, 2.24) is 9.47 Å². The molecule has 1 aromatic carbocycles. The highest BCUT2D eigenvalue weighted by Gasteiger charge is 2.31. The Hall–Kier alpha value is -2.96. The highest BCUT2D eigenvalue weighted by atomic mass is 16.7. The molecule has 1 N–H and O–H groups in total. The first-order valence-corrected chi connectivity index (χ1v) is 8.92. The lowest BCUT2D eigenvalue weighted by molar-refractivity contribution is 0.0470. The SMILES string of the molecule is CC(C)(C)N(CC1=NOC(COc2ccccc2-n2cccc2)C1)C(=O)O. The minimum absolute atomic E-state index is 0.228. The summed E-state index contributed by atoms with van der Waals surface area (Å²) in [4.78, 5) is 18.3. The average Bonchev–Trinajstić information content (AvgIpc) is 3.29. The van der Waals surface area contributed by atoms with Crippen LogP contribution in [0.3, 0.4) is 0 Å². The Bertz CT molecular complexity index is 809. The van der Waals surface area contributed by atoms with Crippen LogP contribution in [0.2, 0.25) is 0 Å². The molecule has 1 unspecified atom stereocenters. The van der Waals surface area contributed by atoms with E-state index in [1.165, 1.54) is 4.90 Å². The quantitative estimate of drug-likeness (QED) is 0.838. The van der Waals surface area contributed by atoms with Crippen LogP contribution in [-0.4, -0.2) is 51.2 Å². The van der Waals surface area contributed by atoms with Crippen LogP contribution in [0, 0.1) is 0 Å². The number of ether oxygens (including phenoxy) is 1. The van der Waals surface area contributed by atoms with Gasteiger partial charge in [-0.3, -0.25) is 4.90 Å². The highest BCUT2D eigenvalue weighted by Crippen LogP contribution is 2.24. The van der Waals surface area contributed by atoms with Crippen LogP contribution in [0.4, 0.5) is 4.79 Å². The van der Waals surface area contributed by atoms with Crippen LogP contribution in [0.25, 0.3) is 5.69 Å². The van der Waals surface area contributed by atoms with E-state index in [0.29, 0.717) is 18.7 Å². The number of carbonyl (C=O) groups is 1. The second-order valence-electron chi connectivity index (χ2n) is 7.50. The summed E-state index contributed by atoms with van der Waals surface area (Å²) in [6.45, 7) is 6.14. The number of hydrogen-bond acceptors (Lipinski definition) is 4. The normalized spacial score (nSPS) is 16.6. The maximum Gasteiger partial charge on any atom is 0.408 e. The summed E-state index contributed by atoms with van der Waals surface area (Å²) < 4.78 is 7.95. The Balaban J connectivity index is 1.57. The van der Waals surface area contributed by atoms with Gasteiger partial charge < -0.3 is 19.2 Å². The van der Waals surface area contributed by atoms with Crippen LogP contribution in [0.15, 0.2) is 53.9 Å². The van der Waals surface area contributed by atoms with Gasteiger partial charge in [-0.1, -0.05) is 17.3 Å². The predicted molar refractivity (Wildman–Crippen MR) is 103 cm³/mol. The van der Waals surface area contributed by atoms with Crippen molar-refractivity contribution in [2.75, 3.05) is 13.2 Å². The van der Waals surface area contributed by atoms with E-state index in [-0.39, 0.29) is 12.6 Å². The topological polar surface area (TPSA) is 76.3 Å². The number of benzene rings is 1. The first-order valence-electron chi connectivity index (χ1n) is 8.92. The summed E-state index contributed by atoms with van der Waals surface area (Å²) >= 11 is 0. The molecule has 1 aromatic heterocycles. The third kappa shape index (κ3) is 4.61. The monoisotopic (exact) mass is 371 g/mol. The Morgan fingerprint density at radius 2 is 2.00 bits per heavy atom. The summed E-state index contributed by atoms with van der Waals surface area (Å²) in [6, 6.07) is 11.7. The van der Waals surface area contributed by atoms with Crippen LogP contribution >= 0.6 is 0 Å². The summed E-state index contributed by atoms with van der Waals surface area (Å²) in [5, 5.41) is 13.5. The van der Waals surface area contributed by atoms with Crippen LogP contribution in [0.1, 0.15) is 27.2 Å². The Kier molecular flexibility index (Phi) is 5.39. The van der Waals surface area contributed by atoms with Crippen LogP contribution in [-0.2, 0) is 4.84 Å². The van der Waals surface area contributed by atoms with Gasteiger partial charge in [0.2, 0.25) is 0 Å². The molecule has 7 nitrogen and oxygen atoms in total. The Morgan fingerprint density at radius 3 is 2.67 bits per heavy atom. The molecule has 2 heterocycles. The van der Waals surface area contributed by atoms with Crippen molar-refractivity contribution >= 4 is 11.8 Å². The van der Waals surface area contributed by atoms with Gasteiger partial charge >= 0.3 is 6.09 Å². The maximum atomic E-state index is 11.5. The fraction of sp³-hybridized carbons (Fsp3) is 0.400. The first kappa shape index (κ1) is 18.8. The van der Waals surface area contributed by atoms with E-state index in [9.17, 15) is 9.90 Å². The van der Waals surface area contributed by atoms with E-state index in [0.717, 1.165) is 11.4 Å². The molecule has 0 aliphatic carbocycles. The van der Waals surface area contributed by atoms with Gasteiger partial charge in [0.05, 0.1) is 17.9 Å². The molecule has 0 spiro atoms. The van der Waals surface area contributed by atoms with Gasteiger partial charge in [-0.25, -0.2) is 4.79 Å². The zero-order valence-electron chi connectivity index (χ0n) is 15.8. The van der Waals surface area contributed by atoms with E-state index in [2.05, 4.69) is 5.16 Å². The van der Waals surface area contributed by atoms with Gasteiger partial charge in [0.15, 0.2) is 6.10 Å². The number of carboxylic acid groups (broad SMARTS) is 1. The minimum Gasteiger partial charge on any atom is -0.487 e. The molecule has 144 valence electrons. The van der Waals surface area contributed by atoms with E-state index >= 15 is 0 Å². The molecule has 1 amide bonds. The summed E-state index contributed by atoms with van der Waals surface area (Å²) in [6.07, 6.45) is 3.27. The van der Waals surface area contributed by atoms with Crippen molar-refractivity contribution in [3.8, 4) is 11.4 Å². The predicted octanol–water partition coefficient (Wildman–Crippen LogP) is 3.78. The van der Waals surface area contributed by atoms with Crippen molar-refractivity contribution < 1.29 is 19.5 Å². The number of aromatic nitrogens is 1. The van der Waals surface area contributed by atoms with Gasteiger partial charge in [-0.15, -0.1) is 0 Å². The third-order valence-corrected chi connectivity index (χ3v) is 4.35. The molecule has 7 heteroatoms. The first-order chi connectivity index (χ1) is 12.8. The zero-order chi connectivity index (χ0) is 19.4. The Morgan fingerprint density at radius 1 is 1.30 bits per heavy atom. The lowest BCUT2D eigenvalue weighted by Crippen LogP contribution is -2.47. The summed E-state index contributed by atoms with van der Waals surface area (Å²) in [5.74, 6) is 0.757. The van der Waals surface area contributed by atoms with Gasteiger partial charge in [0.25, 0.3) is 0 Å². The number of amides is 1. The van der Waals surface area contributed by atoms with Gasteiger partial charge in [0, 0.05) is 24.4 Å². The van der Waals surface area contributed by atoms with E-state index in [1.807, 2.05) is 74.1 Å². The average molecular weight is 371 g/mol. The van der Waals surface area contributed by atoms with Crippen molar-refractivity contribution in [3.05, 3.63) is 48.8 Å². The third-order valence-electron chi connectivity index (χ3n) is 4.35. The molecule has 3 rings (SSSR count). The maximum absolute atomic E-state index is 11.5. The smallest absolute Gasteiger partial charge is 0.408 e. The molecule has 0 radical (unpaired) electrons. The van der Waals surface area contributed by atoms with Crippen molar-refractivity contribution in [2.45, 2.75) is 38.8 Å².